The van der Waals surface area contributed by atoms with E-state index in [9.17, 15) is 22.8 Å². The second kappa shape index (κ2) is 7.33. The Kier molecular flexibility index (Phi) is 5.08. The van der Waals surface area contributed by atoms with Crippen molar-refractivity contribution >= 4 is 16.8 Å². The second-order valence-electron chi connectivity index (χ2n) is 5.90. The van der Waals surface area contributed by atoms with Gasteiger partial charge in [-0.2, -0.15) is 23.4 Å². The molecule has 11 heteroatoms. The van der Waals surface area contributed by atoms with Crippen LogP contribution in [0.15, 0.2) is 35.1 Å². The summed E-state index contributed by atoms with van der Waals surface area (Å²) < 4.78 is 45.5. The highest BCUT2D eigenvalue weighted by Gasteiger charge is 2.33. The van der Waals surface area contributed by atoms with E-state index < -0.39 is 23.3 Å². The zero-order valence-corrected chi connectivity index (χ0v) is 14.9. The fourth-order valence-corrected chi connectivity index (χ4v) is 2.70. The molecule has 0 saturated heterocycles. The standard InChI is InChI=1S/C17H16F3N5O3/c1-24-16(28-2)11-4-3-10(9-12(11)22-24)15(27)21-7-8-25-14(26)6-5-13(23-25)17(18,19)20/h3-6,9H,7-8H2,1-2H3,(H,21,27). The van der Waals surface area contributed by atoms with Crippen LogP contribution in [0.1, 0.15) is 16.1 Å². The van der Waals surface area contributed by atoms with Crippen LogP contribution >= 0.6 is 0 Å². The minimum Gasteiger partial charge on any atom is -0.481 e. The van der Waals surface area contributed by atoms with Crippen molar-refractivity contribution in [3.8, 4) is 5.88 Å². The number of halogens is 3. The van der Waals surface area contributed by atoms with Gasteiger partial charge < -0.3 is 10.1 Å². The molecule has 1 amide bonds. The van der Waals surface area contributed by atoms with Gasteiger partial charge in [0.1, 0.15) is 0 Å². The Labute approximate surface area is 156 Å². The number of benzene rings is 1. The smallest absolute Gasteiger partial charge is 0.435 e. The number of fused-ring (bicyclic) bond motifs is 1. The molecule has 0 aliphatic rings. The third-order valence-corrected chi connectivity index (χ3v) is 4.00. The Morgan fingerprint density at radius 2 is 1.96 bits per heavy atom. The van der Waals surface area contributed by atoms with Crippen LogP contribution in [0.25, 0.3) is 10.9 Å². The van der Waals surface area contributed by atoms with Gasteiger partial charge in [-0.15, -0.1) is 0 Å². The molecular formula is C17H16F3N5O3. The molecule has 8 nitrogen and oxygen atoms in total. The summed E-state index contributed by atoms with van der Waals surface area (Å²) in [7, 11) is 3.22. The molecule has 3 aromatic rings. The minimum absolute atomic E-state index is 0.0728. The molecule has 3 rings (SSSR count). The number of carbonyl (C=O) groups is 1. The molecule has 1 aromatic carbocycles. The maximum Gasteiger partial charge on any atom is 0.435 e. The van der Waals surface area contributed by atoms with Crippen LogP contribution < -0.4 is 15.6 Å². The summed E-state index contributed by atoms with van der Waals surface area (Å²) in [4.78, 5) is 23.9. The van der Waals surface area contributed by atoms with Crippen molar-refractivity contribution in [1.29, 1.82) is 0 Å². The van der Waals surface area contributed by atoms with Gasteiger partial charge in [-0.3, -0.25) is 9.59 Å². The van der Waals surface area contributed by atoms with Gasteiger partial charge >= 0.3 is 6.18 Å². The molecule has 0 radical (unpaired) electrons. The maximum atomic E-state index is 12.7. The van der Waals surface area contributed by atoms with Crippen LogP contribution in [0.4, 0.5) is 13.2 Å². The molecule has 0 spiro atoms. The number of hydrogen-bond acceptors (Lipinski definition) is 5. The van der Waals surface area contributed by atoms with Gasteiger partial charge in [-0.1, -0.05) is 0 Å². The fourth-order valence-electron chi connectivity index (χ4n) is 2.70. The number of ether oxygens (including phenoxy) is 1. The first-order valence-corrected chi connectivity index (χ1v) is 8.15. The Hall–Kier alpha value is -3.37. The van der Waals surface area contributed by atoms with Crippen molar-refractivity contribution in [2.45, 2.75) is 12.7 Å². The van der Waals surface area contributed by atoms with Gasteiger partial charge in [0, 0.05) is 25.2 Å². The van der Waals surface area contributed by atoms with E-state index in [4.69, 9.17) is 4.74 Å². The first kappa shape index (κ1) is 19.4. The molecule has 28 heavy (non-hydrogen) atoms. The van der Waals surface area contributed by atoms with Gasteiger partial charge in [0.2, 0.25) is 5.88 Å². The summed E-state index contributed by atoms with van der Waals surface area (Å²) in [6, 6.07) is 6.25. The van der Waals surface area contributed by atoms with Crippen LogP contribution in [0.5, 0.6) is 5.88 Å². The van der Waals surface area contributed by atoms with Gasteiger partial charge in [0.15, 0.2) is 5.69 Å². The highest BCUT2D eigenvalue weighted by Crippen LogP contribution is 2.26. The van der Waals surface area contributed by atoms with E-state index in [1.807, 2.05) is 0 Å². The summed E-state index contributed by atoms with van der Waals surface area (Å²) in [5, 5.41) is 10.8. The number of alkyl halides is 3. The quantitative estimate of drug-likeness (QED) is 0.709. The molecule has 0 fully saturated rings. The van der Waals surface area contributed by atoms with Gasteiger partial charge in [0.25, 0.3) is 11.5 Å². The zero-order valence-electron chi connectivity index (χ0n) is 14.9. The van der Waals surface area contributed by atoms with Crippen LogP contribution in [0.2, 0.25) is 0 Å². The highest BCUT2D eigenvalue weighted by atomic mass is 19.4. The van der Waals surface area contributed by atoms with E-state index in [2.05, 4.69) is 15.5 Å². The van der Waals surface area contributed by atoms with E-state index in [-0.39, 0.29) is 13.1 Å². The number of hydrogen-bond donors (Lipinski definition) is 1. The van der Waals surface area contributed by atoms with E-state index in [0.717, 1.165) is 11.5 Å². The van der Waals surface area contributed by atoms with Crippen molar-refractivity contribution in [2.75, 3.05) is 13.7 Å². The van der Waals surface area contributed by atoms with Crippen LogP contribution in [0, 0.1) is 0 Å². The van der Waals surface area contributed by atoms with E-state index in [1.165, 1.54) is 11.8 Å². The normalized spacial score (nSPS) is 11.6. The lowest BCUT2D eigenvalue weighted by molar-refractivity contribution is -0.142. The van der Waals surface area contributed by atoms with Crippen LogP contribution in [0.3, 0.4) is 0 Å². The molecule has 0 saturated carbocycles. The van der Waals surface area contributed by atoms with Gasteiger partial charge in [0.05, 0.1) is 24.6 Å². The Morgan fingerprint density at radius 1 is 1.21 bits per heavy atom. The van der Waals surface area contributed by atoms with Crippen LogP contribution in [-0.2, 0) is 19.8 Å². The molecule has 148 valence electrons. The number of nitrogens with one attached hydrogen (secondary N) is 1. The lowest BCUT2D eigenvalue weighted by Gasteiger charge is -2.10. The lowest BCUT2D eigenvalue weighted by Crippen LogP contribution is -2.33. The fraction of sp³-hybridized carbons (Fsp3) is 0.294. The van der Waals surface area contributed by atoms with E-state index in [1.54, 1.807) is 25.2 Å². The average Bonchev–Trinajstić information content (AvgIpc) is 2.96. The first-order valence-electron chi connectivity index (χ1n) is 8.15. The third kappa shape index (κ3) is 3.82. The Morgan fingerprint density at radius 3 is 2.64 bits per heavy atom. The number of rotatable bonds is 5. The van der Waals surface area contributed by atoms with E-state index in [0.29, 0.717) is 27.7 Å². The average molecular weight is 395 g/mol. The Bertz CT molecular complexity index is 1090. The van der Waals surface area contributed by atoms with Gasteiger partial charge in [-0.25, -0.2) is 9.36 Å². The summed E-state index contributed by atoms with van der Waals surface area (Å²) in [5.41, 5.74) is -0.988. The zero-order chi connectivity index (χ0) is 20.5. The second-order valence-corrected chi connectivity index (χ2v) is 5.90. The highest BCUT2D eigenvalue weighted by molar-refractivity contribution is 5.98. The first-order chi connectivity index (χ1) is 13.2. The molecular weight excluding hydrogens is 379 g/mol. The molecule has 0 unspecified atom stereocenters. The topological polar surface area (TPSA) is 91.0 Å². The van der Waals surface area contributed by atoms with Crippen molar-refractivity contribution in [1.82, 2.24) is 24.9 Å². The minimum atomic E-state index is -4.65. The number of aryl methyl sites for hydroxylation is 1. The number of nitrogens with zero attached hydrogens (tertiary/aromatic N) is 4. The number of methoxy groups -OCH3 is 1. The van der Waals surface area contributed by atoms with Crippen LogP contribution in [-0.4, -0.2) is 39.1 Å². The third-order valence-electron chi connectivity index (χ3n) is 4.00. The van der Waals surface area contributed by atoms with Crippen molar-refractivity contribution in [3.05, 3.63) is 51.9 Å². The molecule has 1 N–H and O–H groups in total. The van der Waals surface area contributed by atoms with E-state index >= 15 is 0 Å². The largest absolute Gasteiger partial charge is 0.481 e. The molecule has 0 aliphatic carbocycles. The molecule has 2 aromatic heterocycles. The molecule has 2 heterocycles. The maximum absolute atomic E-state index is 12.7. The summed E-state index contributed by atoms with van der Waals surface area (Å²) in [6.45, 7) is -0.273. The SMILES string of the molecule is COc1c2ccc(C(=O)NCCn3nc(C(F)(F)F)ccc3=O)cc2nn1C. The monoisotopic (exact) mass is 395 g/mol. The predicted molar refractivity (Wildman–Crippen MR) is 93.1 cm³/mol. The summed E-state index contributed by atoms with van der Waals surface area (Å²) in [5.74, 6) is 0.100. The summed E-state index contributed by atoms with van der Waals surface area (Å²) in [6.07, 6.45) is -4.65. The lowest BCUT2D eigenvalue weighted by atomic mass is 10.1. The molecule has 0 atom stereocenters. The molecule has 0 bridgehead atoms. The number of aromatic nitrogens is 4. The number of amides is 1. The number of carbonyl (C=O) groups excluding carboxylic acids is 1. The van der Waals surface area contributed by atoms with Crippen molar-refractivity contribution in [3.63, 3.8) is 0 Å². The summed E-state index contributed by atoms with van der Waals surface area (Å²) >= 11 is 0. The van der Waals surface area contributed by atoms with Gasteiger partial charge in [-0.05, 0) is 24.3 Å². The van der Waals surface area contributed by atoms with Crippen molar-refractivity contribution < 1.29 is 22.7 Å². The van der Waals surface area contributed by atoms with Crippen molar-refractivity contribution in [2.24, 2.45) is 7.05 Å². The Balaban J connectivity index is 1.70. The predicted octanol–water partition coefficient (Wildman–Crippen LogP) is 1.59. The molecule has 0 aliphatic heterocycles.